The second-order valence-corrected chi connectivity index (χ2v) is 6.42. The van der Waals surface area contributed by atoms with Crippen molar-refractivity contribution in [3.05, 3.63) is 10.6 Å². The lowest BCUT2D eigenvalue weighted by Gasteiger charge is -2.30. The first kappa shape index (κ1) is 11.5. The van der Waals surface area contributed by atoms with Gasteiger partial charge in [0.15, 0.2) is 5.13 Å². The van der Waals surface area contributed by atoms with E-state index in [1.54, 1.807) is 11.3 Å². The molecule has 2 atom stereocenters. The first-order valence-electron chi connectivity index (χ1n) is 6.66. The van der Waals surface area contributed by atoms with Crippen LogP contribution in [0.5, 0.6) is 0 Å². The molecule has 2 unspecified atom stereocenters. The number of aryl methyl sites for hydroxylation is 1. The SMILES string of the molecule is CC1CCCN(c2nc3c(s2)C(O)CCC3)C1. The van der Waals surface area contributed by atoms with Gasteiger partial charge in [-0.3, -0.25) is 0 Å². The Kier molecular flexibility index (Phi) is 3.09. The quantitative estimate of drug-likeness (QED) is 0.835. The van der Waals surface area contributed by atoms with E-state index < -0.39 is 0 Å². The molecule has 0 radical (unpaired) electrons. The number of nitrogens with zero attached hydrogens (tertiary/aromatic N) is 2. The standard InChI is InChI=1S/C13H20N2OS/c1-9-4-3-7-15(8-9)13-14-10-5-2-6-11(16)12(10)17-13/h9,11,16H,2-8H2,1H3. The van der Waals surface area contributed by atoms with Crippen LogP contribution in [-0.2, 0) is 6.42 Å². The van der Waals surface area contributed by atoms with Gasteiger partial charge in [-0.05, 0) is 38.0 Å². The Morgan fingerprint density at radius 3 is 3.00 bits per heavy atom. The molecule has 0 aromatic carbocycles. The van der Waals surface area contributed by atoms with Crippen molar-refractivity contribution in [2.75, 3.05) is 18.0 Å². The van der Waals surface area contributed by atoms with Crippen molar-refractivity contribution >= 4 is 16.5 Å². The monoisotopic (exact) mass is 252 g/mol. The molecule has 2 aliphatic rings. The summed E-state index contributed by atoms with van der Waals surface area (Å²) in [6.07, 6.45) is 5.38. The lowest BCUT2D eigenvalue weighted by atomic mass is 10.0. The number of anilines is 1. The predicted molar refractivity (Wildman–Crippen MR) is 70.6 cm³/mol. The largest absolute Gasteiger partial charge is 0.388 e. The van der Waals surface area contributed by atoms with Gasteiger partial charge in [0, 0.05) is 13.1 Å². The van der Waals surface area contributed by atoms with E-state index in [1.807, 2.05) is 0 Å². The van der Waals surface area contributed by atoms with E-state index in [-0.39, 0.29) is 6.10 Å². The summed E-state index contributed by atoms with van der Waals surface area (Å²) in [4.78, 5) is 8.28. The summed E-state index contributed by atoms with van der Waals surface area (Å²) in [6.45, 7) is 4.57. The van der Waals surface area contributed by atoms with Crippen LogP contribution >= 0.6 is 11.3 Å². The maximum absolute atomic E-state index is 9.98. The van der Waals surface area contributed by atoms with Crippen molar-refractivity contribution in [1.82, 2.24) is 4.98 Å². The Bertz CT molecular complexity index is 404. The molecule has 0 spiro atoms. The van der Waals surface area contributed by atoms with Crippen LogP contribution in [0.25, 0.3) is 0 Å². The number of aliphatic hydroxyl groups is 1. The molecule has 1 aromatic heterocycles. The molecule has 4 heteroatoms. The molecule has 0 amide bonds. The van der Waals surface area contributed by atoms with Gasteiger partial charge >= 0.3 is 0 Å². The Labute approximate surface area is 106 Å². The van der Waals surface area contributed by atoms with Gasteiger partial charge < -0.3 is 10.0 Å². The third-order valence-corrected chi connectivity index (χ3v) is 5.10. The third-order valence-electron chi connectivity index (χ3n) is 3.84. The Balaban J connectivity index is 1.83. The van der Waals surface area contributed by atoms with Gasteiger partial charge in [0.05, 0.1) is 16.7 Å². The number of rotatable bonds is 1. The molecule has 1 aliphatic carbocycles. The van der Waals surface area contributed by atoms with Gasteiger partial charge in [-0.2, -0.15) is 0 Å². The number of piperidine rings is 1. The van der Waals surface area contributed by atoms with Gasteiger partial charge in [-0.1, -0.05) is 18.3 Å². The average Bonchev–Trinajstić information content (AvgIpc) is 2.74. The Morgan fingerprint density at radius 2 is 2.24 bits per heavy atom. The summed E-state index contributed by atoms with van der Waals surface area (Å²) in [5.74, 6) is 0.773. The number of fused-ring (bicyclic) bond motifs is 1. The van der Waals surface area contributed by atoms with Gasteiger partial charge in [-0.15, -0.1) is 0 Å². The highest BCUT2D eigenvalue weighted by molar-refractivity contribution is 7.15. The molecular formula is C13H20N2OS. The fraction of sp³-hybridized carbons (Fsp3) is 0.769. The second kappa shape index (κ2) is 4.58. The molecule has 1 N–H and O–H groups in total. The van der Waals surface area contributed by atoms with E-state index in [9.17, 15) is 5.11 Å². The molecule has 3 rings (SSSR count). The Hall–Kier alpha value is -0.610. The third kappa shape index (κ3) is 2.20. The number of thiazole rings is 1. The minimum Gasteiger partial charge on any atom is -0.388 e. The fourth-order valence-corrected chi connectivity index (χ4v) is 4.05. The lowest BCUT2D eigenvalue weighted by Crippen LogP contribution is -2.34. The topological polar surface area (TPSA) is 36.4 Å². The fourth-order valence-electron chi connectivity index (χ4n) is 2.88. The van der Waals surface area contributed by atoms with Crippen LogP contribution in [0.1, 0.15) is 49.3 Å². The summed E-state index contributed by atoms with van der Waals surface area (Å²) in [5, 5.41) is 11.1. The molecule has 0 saturated carbocycles. The van der Waals surface area contributed by atoms with Crippen LogP contribution in [0.3, 0.4) is 0 Å². The van der Waals surface area contributed by atoms with Crippen LogP contribution in [-0.4, -0.2) is 23.2 Å². The van der Waals surface area contributed by atoms with Crippen molar-refractivity contribution in [3.8, 4) is 0 Å². The highest BCUT2D eigenvalue weighted by Crippen LogP contribution is 2.38. The zero-order chi connectivity index (χ0) is 11.8. The zero-order valence-electron chi connectivity index (χ0n) is 10.4. The van der Waals surface area contributed by atoms with Gasteiger partial charge in [-0.25, -0.2) is 4.98 Å². The maximum Gasteiger partial charge on any atom is 0.185 e. The van der Waals surface area contributed by atoms with Gasteiger partial charge in [0.1, 0.15) is 0 Å². The van der Waals surface area contributed by atoms with Crippen molar-refractivity contribution in [3.63, 3.8) is 0 Å². The minimum absolute atomic E-state index is 0.257. The molecule has 1 saturated heterocycles. The minimum atomic E-state index is -0.257. The highest BCUT2D eigenvalue weighted by Gasteiger charge is 2.26. The van der Waals surface area contributed by atoms with Crippen LogP contribution in [0.15, 0.2) is 0 Å². The van der Waals surface area contributed by atoms with Crippen molar-refractivity contribution in [2.45, 2.75) is 45.1 Å². The molecule has 17 heavy (non-hydrogen) atoms. The first-order chi connectivity index (χ1) is 8.24. The molecule has 2 heterocycles. The molecule has 3 nitrogen and oxygen atoms in total. The van der Waals surface area contributed by atoms with Crippen LogP contribution < -0.4 is 4.90 Å². The normalized spacial score (nSPS) is 29.2. The summed E-state index contributed by atoms with van der Waals surface area (Å²) in [6, 6.07) is 0. The smallest absolute Gasteiger partial charge is 0.185 e. The average molecular weight is 252 g/mol. The summed E-state index contributed by atoms with van der Waals surface area (Å²) in [5.41, 5.74) is 1.15. The van der Waals surface area contributed by atoms with E-state index in [4.69, 9.17) is 4.98 Å². The number of hydrogen-bond acceptors (Lipinski definition) is 4. The Morgan fingerprint density at radius 1 is 1.35 bits per heavy atom. The van der Waals surface area contributed by atoms with E-state index in [0.29, 0.717) is 0 Å². The van der Waals surface area contributed by atoms with Crippen LogP contribution in [0.2, 0.25) is 0 Å². The van der Waals surface area contributed by atoms with E-state index in [0.717, 1.165) is 54.0 Å². The summed E-state index contributed by atoms with van der Waals surface area (Å²) in [7, 11) is 0. The molecular weight excluding hydrogens is 232 g/mol. The summed E-state index contributed by atoms with van der Waals surface area (Å²) < 4.78 is 0. The van der Waals surface area contributed by atoms with Crippen molar-refractivity contribution in [2.24, 2.45) is 5.92 Å². The predicted octanol–water partition coefficient (Wildman–Crippen LogP) is 2.75. The lowest BCUT2D eigenvalue weighted by molar-refractivity contribution is 0.160. The first-order valence-corrected chi connectivity index (χ1v) is 7.48. The highest BCUT2D eigenvalue weighted by atomic mass is 32.1. The number of hydrogen-bond donors (Lipinski definition) is 1. The molecule has 0 bridgehead atoms. The van der Waals surface area contributed by atoms with E-state index in [1.165, 1.54) is 12.8 Å². The summed E-state index contributed by atoms with van der Waals surface area (Å²) >= 11 is 1.72. The van der Waals surface area contributed by atoms with Gasteiger partial charge in [0.25, 0.3) is 0 Å². The number of aromatic nitrogens is 1. The second-order valence-electron chi connectivity index (χ2n) is 5.41. The van der Waals surface area contributed by atoms with Crippen molar-refractivity contribution < 1.29 is 5.11 Å². The van der Waals surface area contributed by atoms with E-state index in [2.05, 4.69) is 11.8 Å². The van der Waals surface area contributed by atoms with Crippen LogP contribution in [0.4, 0.5) is 5.13 Å². The molecule has 1 aliphatic heterocycles. The number of aliphatic hydroxyl groups excluding tert-OH is 1. The van der Waals surface area contributed by atoms with E-state index >= 15 is 0 Å². The van der Waals surface area contributed by atoms with Crippen LogP contribution in [0, 0.1) is 5.92 Å². The van der Waals surface area contributed by atoms with Crippen molar-refractivity contribution in [1.29, 1.82) is 0 Å². The zero-order valence-corrected chi connectivity index (χ0v) is 11.2. The van der Waals surface area contributed by atoms with Gasteiger partial charge in [0.2, 0.25) is 0 Å². The molecule has 94 valence electrons. The maximum atomic E-state index is 9.98. The molecule has 1 fully saturated rings. The molecule has 1 aromatic rings.